The third-order valence-corrected chi connectivity index (χ3v) is 4.50. The van der Waals surface area contributed by atoms with Crippen molar-refractivity contribution >= 4 is 30.4 Å². The minimum Gasteiger partial charge on any atom is -0.481 e. The number of aliphatic carboxylic acids is 1. The topological polar surface area (TPSA) is 70.1 Å². The Labute approximate surface area is 154 Å². The summed E-state index contributed by atoms with van der Waals surface area (Å²) in [5, 5.41) is 9.02. The van der Waals surface area contributed by atoms with Crippen LogP contribution in [0.1, 0.15) is 31.9 Å². The molecule has 0 bridgehead atoms. The summed E-state index contributed by atoms with van der Waals surface area (Å²) in [6.45, 7) is 10.0. The van der Waals surface area contributed by atoms with Gasteiger partial charge in [-0.05, 0) is 51.0 Å². The molecule has 2 rings (SSSR count). The van der Waals surface area contributed by atoms with E-state index in [0.29, 0.717) is 26.2 Å². The Morgan fingerprint density at radius 1 is 1.20 bits per heavy atom. The van der Waals surface area contributed by atoms with Gasteiger partial charge in [0.05, 0.1) is 6.42 Å². The zero-order valence-corrected chi connectivity index (χ0v) is 16.1. The summed E-state index contributed by atoms with van der Waals surface area (Å²) in [6, 6.07) is 3.71. The number of hydrogen-bond acceptors (Lipinski definition) is 5. The molecule has 0 aromatic heterocycles. The van der Waals surface area contributed by atoms with Crippen LogP contribution in [0.15, 0.2) is 17.0 Å². The van der Waals surface area contributed by atoms with E-state index >= 15 is 0 Å². The molecule has 1 heterocycles. The van der Waals surface area contributed by atoms with Crippen LogP contribution in [-0.2, 0) is 16.0 Å². The van der Waals surface area contributed by atoms with Crippen LogP contribution in [0, 0.1) is 6.92 Å². The first-order valence-corrected chi connectivity index (χ1v) is 8.78. The average molecular weight is 366 g/mol. The van der Waals surface area contributed by atoms with E-state index in [2.05, 4.69) is 17.5 Å². The number of anilines is 1. The van der Waals surface area contributed by atoms with E-state index in [1.54, 1.807) is 11.0 Å². The van der Waals surface area contributed by atoms with E-state index in [-0.39, 0.29) is 12.5 Å². The predicted octanol–water partition coefficient (Wildman–Crippen LogP) is 2.97. The molecule has 1 aromatic rings. The van der Waals surface area contributed by atoms with Gasteiger partial charge in [-0.1, -0.05) is 0 Å². The minimum atomic E-state index is -0.864. The lowest BCUT2D eigenvalue weighted by Crippen LogP contribution is -2.50. The standard InChI is InChI=1S/C18H26N2O4S/c1-12-14(9-13(10-15(12)25)11-16(21)22)19-5-7-20(8-6-19)17(23)24-18(2,3)4/h9-10,25H,5-8,11H2,1-4H3,(H,21,22). The van der Waals surface area contributed by atoms with E-state index in [0.717, 1.165) is 21.7 Å². The molecule has 0 radical (unpaired) electrons. The van der Waals surface area contributed by atoms with Crippen molar-refractivity contribution in [2.75, 3.05) is 31.1 Å². The Bertz CT molecular complexity index is 662. The number of ether oxygens (including phenoxy) is 1. The van der Waals surface area contributed by atoms with Crippen molar-refractivity contribution in [3.05, 3.63) is 23.3 Å². The number of nitrogens with zero attached hydrogens (tertiary/aromatic N) is 2. The monoisotopic (exact) mass is 366 g/mol. The molecular weight excluding hydrogens is 340 g/mol. The summed E-state index contributed by atoms with van der Waals surface area (Å²) in [7, 11) is 0. The van der Waals surface area contributed by atoms with Crippen molar-refractivity contribution in [1.29, 1.82) is 0 Å². The fourth-order valence-corrected chi connectivity index (χ4v) is 3.08. The number of rotatable bonds is 3. The van der Waals surface area contributed by atoms with Gasteiger partial charge in [-0.3, -0.25) is 4.79 Å². The van der Waals surface area contributed by atoms with E-state index in [1.807, 2.05) is 33.8 Å². The summed E-state index contributed by atoms with van der Waals surface area (Å²) >= 11 is 4.47. The molecule has 1 aromatic carbocycles. The first kappa shape index (κ1) is 19.4. The van der Waals surface area contributed by atoms with Gasteiger partial charge in [-0.25, -0.2) is 4.79 Å². The molecular formula is C18H26N2O4S. The van der Waals surface area contributed by atoms with Crippen LogP contribution in [0.25, 0.3) is 0 Å². The smallest absolute Gasteiger partial charge is 0.410 e. The van der Waals surface area contributed by atoms with E-state index in [9.17, 15) is 9.59 Å². The molecule has 1 aliphatic rings. The SMILES string of the molecule is Cc1c(S)cc(CC(=O)O)cc1N1CCN(C(=O)OC(C)(C)C)CC1. The number of piperazine rings is 1. The molecule has 7 heteroatoms. The van der Waals surface area contributed by atoms with Gasteiger partial charge >= 0.3 is 12.1 Å². The lowest BCUT2D eigenvalue weighted by Gasteiger charge is -2.37. The lowest BCUT2D eigenvalue weighted by atomic mass is 10.1. The number of carboxylic acids is 1. The van der Waals surface area contributed by atoms with Crippen LogP contribution in [0.2, 0.25) is 0 Å². The largest absolute Gasteiger partial charge is 0.481 e. The third-order valence-electron chi connectivity index (χ3n) is 4.04. The second kappa shape index (κ2) is 7.56. The lowest BCUT2D eigenvalue weighted by molar-refractivity contribution is -0.136. The fraction of sp³-hybridized carbons (Fsp3) is 0.556. The first-order chi connectivity index (χ1) is 11.6. The van der Waals surface area contributed by atoms with Gasteiger partial charge in [0.25, 0.3) is 0 Å². The highest BCUT2D eigenvalue weighted by Crippen LogP contribution is 2.29. The Morgan fingerprint density at radius 3 is 2.32 bits per heavy atom. The van der Waals surface area contributed by atoms with Crippen LogP contribution in [-0.4, -0.2) is 53.8 Å². The van der Waals surface area contributed by atoms with Gasteiger partial charge in [0, 0.05) is 36.8 Å². The van der Waals surface area contributed by atoms with E-state index in [1.165, 1.54) is 0 Å². The van der Waals surface area contributed by atoms with E-state index in [4.69, 9.17) is 9.84 Å². The van der Waals surface area contributed by atoms with Gasteiger partial charge in [0.15, 0.2) is 0 Å². The molecule has 138 valence electrons. The minimum absolute atomic E-state index is 0.0291. The number of carbonyl (C=O) groups is 2. The van der Waals surface area contributed by atoms with Crippen molar-refractivity contribution in [3.63, 3.8) is 0 Å². The van der Waals surface area contributed by atoms with Gasteiger partial charge < -0.3 is 19.6 Å². The summed E-state index contributed by atoms with van der Waals surface area (Å²) < 4.78 is 5.41. The second-order valence-electron chi connectivity index (χ2n) is 7.28. The maximum absolute atomic E-state index is 12.2. The zero-order chi connectivity index (χ0) is 18.8. The van der Waals surface area contributed by atoms with Crippen molar-refractivity contribution in [2.24, 2.45) is 0 Å². The maximum Gasteiger partial charge on any atom is 0.410 e. The van der Waals surface area contributed by atoms with Crippen LogP contribution in [0.3, 0.4) is 0 Å². The fourth-order valence-electron chi connectivity index (χ4n) is 2.80. The molecule has 1 saturated heterocycles. The van der Waals surface area contributed by atoms with Crippen LogP contribution >= 0.6 is 12.6 Å². The molecule has 6 nitrogen and oxygen atoms in total. The summed E-state index contributed by atoms with van der Waals surface area (Å²) in [4.78, 5) is 27.8. The Hall–Kier alpha value is -1.89. The number of hydrogen-bond donors (Lipinski definition) is 2. The average Bonchev–Trinajstić information content (AvgIpc) is 2.48. The van der Waals surface area contributed by atoms with Gasteiger partial charge in [0.2, 0.25) is 0 Å². The molecule has 1 aliphatic heterocycles. The normalized spacial score (nSPS) is 15.2. The predicted molar refractivity (Wildman–Crippen MR) is 99.8 cm³/mol. The molecule has 1 amide bonds. The molecule has 0 unspecified atom stereocenters. The van der Waals surface area contributed by atoms with Crippen LogP contribution < -0.4 is 4.90 Å². The summed E-state index contributed by atoms with van der Waals surface area (Å²) in [5.41, 5.74) is 2.22. The van der Waals surface area contributed by atoms with Gasteiger partial charge in [-0.2, -0.15) is 0 Å². The molecule has 0 saturated carbocycles. The molecule has 0 spiro atoms. The molecule has 1 N–H and O–H groups in total. The quantitative estimate of drug-likeness (QED) is 0.805. The Kier molecular flexibility index (Phi) is 5.87. The van der Waals surface area contributed by atoms with Crippen LogP contribution in [0.4, 0.5) is 10.5 Å². The van der Waals surface area contributed by atoms with Crippen molar-refractivity contribution in [2.45, 2.75) is 44.6 Å². The molecule has 25 heavy (non-hydrogen) atoms. The van der Waals surface area contributed by atoms with Crippen LogP contribution in [0.5, 0.6) is 0 Å². The van der Waals surface area contributed by atoms with Crippen molar-refractivity contribution in [1.82, 2.24) is 4.90 Å². The number of carboxylic acid groups (broad SMARTS) is 1. The number of benzene rings is 1. The highest BCUT2D eigenvalue weighted by atomic mass is 32.1. The van der Waals surface area contributed by atoms with Crippen molar-refractivity contribution < 1.29 is 19.4 Å². The molecule has 0 aliphatic carbocycles. The summed E-state index contributed by atoms with van der Waals surface area (Å²) in [6.07, 6.45) is -0.322. The Balaban J connectivity index is 2.08. The third kappa shape index (κ3) is 5.29. The molecule has 0 atom stereocenters. The number of thiol groups is 1. The highest BCUT2D eigenvalue weighted by Gasteiger charge is 2.26. The van der Waals surface area contributed by atoms with Gasteiger partial charge in [0.1, 0.15) is 5.60 Å². The maximum atomic E-state index is 12.2. The van der Waals surface area contributed by atoms with Gasteiger partial charge in [-0.15, -0.1) is 12.6 Å². The van der Waals surface area contributed by atoms with Crippen molar-refractivity contribution in [3.8, 4) is 0 Å². The second-order valence-corrected chi connectivity index (χ2v) is 7.77. The zero-order valence-electron chi connectivity index (χ0n) is 15.2. The van der Waals surface area contributed by atoms with E-state index < -0.39 is 11.6 Å². The first-order valence-electron chi connectivity index (χ1n) is 8.34. The summed E-state index contributed by atoms with van der Waals surface area (Å²) in [5.74, 6) is -0.864. The molecule has 1 fully saturated rings. The highest BCUT2D eigenvalue weighted by molar-refractivity contribution is 7.80. The number of carbonyl (C=O) groups excluding carboxylic acids is 1. The number of amides is 1. The Morgan fingerprint density at radius 2 is 1.80 bits per heavy atom.